The fourth-order valence-electron chi connectivity index (χ4n) is 4.83. The van der Waals surface area contributed by atoms with E-state index in [0.29, 0.717) is 17.7 Å². The van der Waals surface area contributed by atoms with Gasteiger partial charge in [-0.2, -0.15) is 4.98 Å². The number of nitrogens with zero attached hydrogens (tertiary/aromatic N) is 3. The van der Waals surface area contributed by atoms with Crippen LogP contribution in [-0.4, -0.2) is 34.7 Å². The zero-order valence-corrected chi connectivity index (χ0v) is 21.1. The van der Waals surface area contributed by atoms with Crippen molar-refractivity contribution in [2.24, 2.45) is 0 Å². The molecule has 0 spiro atoms. The predicted molar refractivity (Wildman–Crippen MR) is 141 cm³/mol. The van der Waals surface area contributed by atoms with Gasteiger partial charge in [0.2, 0.25) is 11.1 Å². The maximum absolute atomic E-state index is 6.70. The van der Waals surface area contributed by atoms with Crippen molar-refractivity contribution in [2.45, 2.75) is 24.2 Å². The van der Waals surface area contributed by atoms with Crippen molar-refractivity contribution in [3.05, 3.63) is 95.1 Å². The van der Waals surface area contributed by atoms with E-state index in [2.05, 4.69) is 35.6 Å². The highest BCUT2D eigenvalue weighted by atomic mass is 32.2. The van der Waals surface area contributed by atoms with E-state index in [1.54, 1.807) is 7.11 Å². The standard InChI is InChI=1S/C28H26N4O3S/c1-4-34-20-15-11-18(12-16-20)26-23-24(21-7-5-6-8-22(21)35-26)29-27-30-28(36-3)31-32(27)25(23)17-9-13-19(33-2)14-10-17/h5-16,25-26H,4H2,1-3H3,(H,29,30,31). The van der Waals surface area contributed by atoms with Crippen LogP contribution in [0.5, 0.6) is 17.2 Å². The summed E-state index contributed by atoms with van der Waals surface area (Å²) in [5.74, 6) is 3.18. The number of methoxy groups -OCH3 is 1. The van der Waals surface area contributed by atoms with Gasteiger partial charge in [0.05, 0.1) is 19.4 Å². The summed E-state index contributed by atoms with van der Waals surface area (Å²) in [6.45, 7) is 2.61. The van der Waals surface area contributed by atoms with Crippen LogP contribution in [0, 0.1) is 0 Å². The maximum atomic E-state index is 6.70. The summed E-state index contributed by atoms with van der Waals surface area (Å²) in [6, 6.07) is 24.2. The van der Waals surface area contributed by atoms with Crippen LogP contribution in [0.15, 0.2) is 83.5 Å². The second kappa shape index (κ2) is 9.28. The molecule has 2 unspecified atom stereocenters. The van der Waals surface area contributed by atoms with E-state index in [9.17, 15) is 0 Å². The Morgan fingerprint density at radius 1 is 0.972 bits per heavy atom. The molecule has 0 radical (unpaired) electrons. The molecule has 2 aliphatic rings. The van der Waals surface area contributed by atoms with Crippen LogP contribution in [0.1, 0.15) is 35.8 Å². The molecular weight excluding hydrogens is 472 g/mol. The minimum Gasteiger partial charge on any atom is -0.497 e. The van der Waals surface area contributed by atoms with Crippen molar-refractivity contribution in [1.29, 1.82) is 0 Å². The van der Waals surface area contributed by atoms with Gasteiger partial charge >= 0.3 is 0 Å². The first-order valence-electron chi connectivity index (χ1n) is 11.8. The lowest BCUT2D eigenvalue weighted by Gasteiger charge is -2.39. The number of ether oxygens (including phenoxy) is 3. The molecule has 0 amide bonds. The summed E-state index contributed by atoms with van der Waals surface area (Å²) in [5, 5.41) is 9.15. The summed E-state index contributed by atoms with van der Waals surface area (Å²) in [6.07, 6.45) is 1.65. The number of thioether (sulfide) groups is 1. The number of rotatable bonds is 6. The third-order valence-corrected chi connectivity index (χ3v) is 7.01. The van der Waals surface area contributed by atoms with Gasteiger partial charge in [-0.25, -0.2) is 4.68 Å². The van der Waals surface area contributed by atoms with Crippen molar-refractivity contribution in [3.8, 4) is 17.2 Å². The van der Waals surface area contributed by atoms with Gasteiger partial charge in [-0.05, 0) is 60.7 Å². The predicted octanol–water partition coefficient (Wildman–Crippen LogP) is 5.97. The Morgan fingerprint density at radius 2 is 1.69 bits per heavy atom. The van der Waals surface area contributed by atoms with E-state index in [4.69, 9.17) is 24.3 Å². The molecule has 182 valence electrons. The Kier molecular flexibility index (Phi) is 5.81. The molecule has 0 bridgehead atoms. The van der Waals surface area contributed by atoms with E-state index in [-0.39, 0.29) is 12.1 Å². The molecule has 1 N–H and O–H groups in total. The monoisotopic (exact) mass is 498 g/mol. The highest BCUT2D eigenvalue weighted by molar-refractivity contribution is 7.98. The molecule has 3 aromatic carbocycles. The highest BCUT2D eigenvalue weighted by Crippen LogP contribution is 2.51. The summed E-state index contributed by atoms with van der Waals surface area (Å²) in [5.41, 5.74) is 5.20. The second-order valence-electron chi connectivity index (χ2n) is 8.49. The number of hydrogen-bond acceptors (Lipinski definition) is 7. The number of hydrogen-bond donors (Lipinski definition) is 1. The molecule has 0 saturated heterocycles. The Morgan fingerprint density at radius 3 is 2.42 bits per heavy atom. The molecule has 4 aromatic rings. The molecule has 0 saturated carbocycles. The number of benzene rings is 3. The van der Waals surface area contributed by atoms with Crippen molar-refractivity contribution in [1.82, 2.24) is 14.8 Å². The number of anilines is 1. The number of para-hydroxylation sites is 1. The van der Waals surface area contributed by atoms with Gasteiger partial charge < -0.3 is 19.5 Å². The van der Waals surface area contributed by atoms with Crippen LogP contribution in [0.4, 0.5) is 5.95 Å². The molecule has 1 aromatic heterocycles. The molecule has 36 heavy (non-hydrogen) atoms. The topological polar surface area (TPSA) is 70.4 Å². The largest absolute Gasteiger partial charge is 0.497 e. The average molecular weight is 499 g/mol. The first-order chi connectivity index (χ1) is 17.7. The van der Waals surface area contributed by atoms with Gasteiger partial charge in [0.15, 0.2) is 0 Å². The van der Waals surface area contributed by atoms with Gasteiger partial charge in [0.25, 0.3) is 0 Å². The molecule has 6 rings (SSSR count). The van der Waals surface area contributed by atoms with Crippen molar-refractivity contribution in [2.75, 3.05) is 25.3 Å². The van der Waals surface area contributed by atoms with E-state index < -0.39 is 0 Å². The van der Waals surface area contributed by atoms with E-state index in [1.807, 2.05) is 60.3 Å². The van der Waals surface area contributed by atoms with Crippen LogP contribution in [-0.2, 0) is 0 Å². The summed E-state index contributed by atoms with van der Waals surface area (Å²) in [4.78, 5) is 4.76. The fourth-order valence-corrected chi connectivity index (χ4v) is 5.18. The zero-order chi connectivity index (χ0) is 24.6. The fraction of sp³-hybridized carbons (Fsp3) is 0.214. The Balaban J connectivity index is 1.56. The lowest BCUT2D eigenvalue weighted by molar-refractivity contribution is 0.222. The quantitative estimate of drug-likeness (QED) is 0.329. The van der Waals surface area contributed by atoms with Crippen LogP contribution in [0.2, 0.25) is 0 Å². The summed E-state index contributed by atoms with van der Waals surface area (Å²) in [7, 11) is 1.67. The second-order valence-corrected chi connectivity index (χ2v) is 9.27. The van der Waals surface area contributed by atoms with E-state index in [0.717, 1.165) is 45.2 Å². The van der Waals surface area contributed by atoms with Crippen LogP contribution < -0.4 is 19.5 Å². The normalized spacial score (nSPS) is 17.9. The number of nitrogens with one attached hydrogen (secondary N) is 1. The Hall–Kier alpha value is -3.91. The van der Waals surface area contributed by atoms with Gasteiger partial charge in [0.1, 0.15) is 29.4 Å². The molecule has 3 heterocycles. The first kappa shape index (κ1) is 22.5. The van der Waals surface area contributed by atoms with E-state index in [1.165, 1.54) is 11.8 Å². The minimum absolute atomic E-state index is 0.222. The SMILES string of the molecule is CCOc1ccc(C2Oc3ccccc3C3=C2C(c2ccc(OC)cc2)n2nc(SC)nc2N3)cc1. The third kappa shape index (κ3) is 3.78. The smallest absolute Gasteiger partial charge is 0.227 e. The molecular formula is C28H26N4O3S. The van der Waals surface area contributed by atoms with Gasteiger partial charge in [-0.1, -0.05) is 48.2 Å². The van der Waals surface area contributed by atoms with Crippen LogP contribution >= 0.6 is 11.8 Å². The van der Waals surface area contributed by atoms with Gasteiger partial charge in [0, 0.05) is 11.1 Å². The molecule has 8 heteroatoms. The lowest BCUT2D eigenvalue weighted by atomic mass is 9.84. The molecule has 7 nitrogen and oxygen atoms in total. The van der Waals surface area contributed by atoms with Crippen molar-refractivity contribution in [3.63, 3.8) is 0 Å². The Labute approximate surface area is 214 Å². The van der Waals surface area contributed by atoms with Crippen molar-refractivity contribution >= 4 is 23.4 Å². The Bertz CT molecular complexity index is 1430. The van der Waals surface area contributed by atoms with E-state index >= 15 is 0 Å². The number of aromatic nitrogens is 3. The lowest BCUT2D eigenvalue weighted by Crippen LogP contribution is -2.32. The molecule has 0 aliphatic carbocycles. The molecule has 2 aliphatic heterocycles. The average Bonchev–Trinajstić information content (AvgIpc) is 3.35. The van der Waals surface area contributed by atoms with Gasteiger partial charge in [-0.3, -0.25) is 0 Å². The summed E-state index contributed by atoms with van der Waals surface area (Å²) >= 11 is 1.52. The third-order valence-electron chi connectivity index (χ3n) is 6.47. The minimum atomic E-state index is -0.333. The van der Waals surface area contributed by atoms with Crippen LogP contribution in [0.3, 0.4) is 0 Å². The van der Waals surface area contributed by atoms with Crippen LogP contribution in [0.25, 0.3) is 5.70 Å². The first-order valence-corrected chi connectivity index (χ1v) is 13.1. The zero-order valence-electron chi connectivity index (χ0n) is 20.3. The number of fused-ring (bicyclic) bond motifs is 3. The summed E-state index contributed by atoms with van der Waals surface area (Å²) < 4.78 is 19.8. The highest BCUT2D eigenvalue weighted by Gasteiger charge is 2.41. The van der Waals surface area contributed by atoms with Crippen molar-refractivity contribution < 1.29 is 14.2 Å². The van der Waals surface area contributed by atoms with Gasteiger partial charge in [-0.15, -0.1) is 5.10 Å². The molecule has 2 atom stereocenters. The maximum Gasteiger partial charge on any atom is 0.227 e. The molecule has 0 fully saturated rings.